The summed E-state index contributed by atoms with van der Waals surface area (Å²) < 4.78 is 0. The molecule has 3 nitrogen and oxygen atoms in total. The second-order valence-corrected chi connectivity index (χ2v) is 3.73. The van der Waals surface area contributed by atoms with Crippen LogP contribution in [0.2, 0.25) is 0 Å². The van der Waals surface area contributed by atoms with Crippen LogP contribution in [0, 0.1) is 0 Å². The fourth-order valence-corrected chi connectivity index (χ4v) is 1.82. The second kappa shape index (κ2) is 3.38. The van der Waals surface area contributed by atoms with E-state index in [1.165, 1.54) is 5.39 Å². The second-order valence-electron chi connectivity index (χ2n) is 3.73. The van der Waals surface area contributed by atoms with Gasteiger partial charge in [-0.3, -0.25) is 0 Å². The Bertz CT molecular complexity index is 640. The van der Waals surface area contributed by atoms with E-state index in [2.05, 4.69) is 22.1 Å². The molecule has 1 aromatic carbocycles. The highest BCUT2D eigenvalue weighted by molar-refractivity contribution is 5.84. The lowest BCUT2D eigenvalue weighted by Crippen LogP contribution is -1.91. The van der Waals surface area contributed by atoms with Crippen LogP contribution in [-0.2, 0) is 0 Å². The van der Waals surface area contributed by atoms with E-state index in [0.29, 0.717) is 5.82 Å². The maximum atomic E-state index is 5.67. The number of hydrogen-bond acceptors (Lipinski definition) is 2. The lowest BCUT2D eigenvalue weighted by Gasteiger charge is -2.01. The lowest BCUT2D eigenvalue weighted by atomic mass is 10.1. The summed E-state index contributed by atoms with van der Waals surface area (Å²) in [4.78, 5) is 7.47. The number of anilines is 1. The monoisotopic (exact) mass is 209 g/mol. The van der Waals surface area contributed by atoms with E-state index in [-0.39, 0.29) is 0 Å². The number of aromatic amines is 1. The minimum atomic E-state index is 0.548. The van der Waals surface area contributed by atoms with Gasteiger partial charge < -0.3 is 10.7 Å². The number of nitrogens with two attached hydrogens (primary N) is 1. The van der Waals surface area contributed by atoms with Crippen molar-refractivity contribution in [3.8, 4) is 11.3 Å². The van der Waals surface area contributed by atoms with Crippen LogP contribution < -0.4 is 5.73 Å². The third-order valence-corrected chi connectivity index (χ3v) is 2.62. The van der Waals surface area contributed by atoms with Crippen LogP contribution in [0.4, 0.5) is 5.82 Å². The summed E-state index contributed by atoms with van der Waals surface area (Å²) in [7, 11) is 0. The molecule has 2 aromatic heterocycles. The molecule has 0 radical (unpaired) electrons. The molecule has 3 N–H and O–H groups in total. The highest BCUT2D eigenvalue weighted by Crippen LogP contribution is 2.22. The number of rotatable bonds is 1. The fourth-order valence-electron chi connectivity index (χ4n) is 1.82. The van der Waals surface area contributed by atoms with Crippen LogP contribution in [0.15, 0.2) is 48.7 Å². The summed E-state index contributed by atoms with van der Waals surface area (Å²) >= 11 is 0. The van der Waals surface area contributed by atoms with Crippen molar-refractivity contribution in [3.05, 3.63) is 48.7 Å². The van der Waals surface area contributed by atoms with Crippen molar-refractivity contribution in [2.45, 2.75) is 0 Å². The maximum Gasteiger partial charge on any atom is 0.124 e. The first-order valence-electron chi connectivity index (χ1n) is 5.13. The molecule has 0 atom stereocenters. The Balaban J connectivity index is 2.18. The Morgan fingerprint density at radius 2 is 2.00 bits per heavy atom. The van der Waals surface area contributed by atoms with Gasteiger partial charge in [-0.1, -0.05) is 12.1 Å². The highest BCUT2D eigenvalue weighted by atomic mass is 14.8. The van der Waals surface area contributed by atoms with Crippen LogP contribution >= 0.6 is 0 Å². The molecule has 0 bridgehead atoms. The van der Waals surface area contributed by atoms with Gasteiger partial charge in [0, 0.05) is 22.7 Å². The zero-order valence-electron chi connectivity index (χ0n) is 8.64. The van der Waals surface area contributed by atoms with Gasteiger partial charge in [0.15, 0.2) is 0 Å². The number of pyridine rings is 1. The van der Waals surface area contributed by atoms with Crippen molar-refractivity contribution < 1.29 is 0 Å². The summed E-state index contributed by atoms with van der Waals surface area (Å²) in [6.45, 7) is 0. The third-order valence-electron chi connectivity index (χ3n) is 2.62. The van der Waals surface area contributed by atoms with E-state index in [1.54, 1.807) is 6.07 Å². The summed E-state index contributed by atoms with van der Waals surface area (Å²) in [5.74, 6) is 0.548. The minimum absolute atomic E-state index is 0.548. The van der Waals surface area contributed by atoms with Crippen molar-refractivity contribution >= 4 is 16.7 Å². The molecule has 16 heavy (non-hydrogen) atoms. The summed E-state index contributed by atoms with van der Waals surface area (Å²) in [6.07, 6.45) is 1.93. The molecule has 78 valence electrons. The maximum absolute atomic E-state index is 5.67. The minimum Gasteiger partial charge on any atom is -0.384 e. The summed E-state index contributed by atoms with van der Waals surface area (Å²) in [5, 5.41) is 1.18. The van der Waals surface area contributed by atoms with Crippen molar-refractivity contribution in [3.63, 3.8) is 0 Å². The molecule has 3 aromatic rings. The van der Waals surface area contributed by atoms with Crippen LogP contribution in [0.3, 0.4) is 0 Å². The molecule has 0 saturated carbocycles. The van der Waals surface area contributed by atoms with Gasteiger partial charge in [-0.2, -0.15) is 0 Å². The molecule has 0 aliphatic rings. The lowest BCUT2D eigenvalue weighted by molar-refractivity contribution is 1.34. The van der Waals surface area contributed by atoms with Crippen LogP contribution in [-0.4, -0.2) is 9.97 Å². The van der Waals surface area contributed by atoms with Crippen LogP contribution in [0.5, 0.6) is 0 Å². The number of nitrogens with zero attached hydrogens (tertiary/aromatic N) is 1. The Morgan fingerprint density at radius 1 is 1.06 bits per heavy atom. The van der Waals surface area contributed by atoms with Gasteiger partial charge in [0.05, 0.1) is 5.69 Å². The molecule has 0 amide bonds. The molecule has 2 heterocycles. The molecule has 3 rings (SSSR count). The van der Waals surface area contributed by atoms with Gasteiger partial charge in [0.25, 0.3) is 0 Å². The van der Waals surface area contributed by atoms with Crippen molar-refractivity contribution in [2.24, 2.45) is 0 Å². The van der Waals surface area contributed by atoms with E-state index < -0.39 is 0 Å². The number of nitrogen functional groups attached to an aromatic ring is 1. The Hall–Kier alpha value is -2.29. The molecular formula is C13H11N3. The first-order valence-corrected chi connectivity index (χ1v) is 5.13. The fraction of sp³-hybridized carbons (Fsp3) is 0. The summed E-state index contributed by atoms with van der Waals surface area (Å²) in [6, 6.07) is 13.9. The number of nitrogens with one attached hydrogen (secondary N) is 1. The zero-order valence-corrected chi connectivity index (χ0v) is 8.64. The van der Waals surface area contributed by atoms with Crippen molar-refractivity contribution in [1.29, 1.82) is 0 Å². The molecule has 0 aliphatic carbocycles. The van der Waals surface area contributed by atoms with E-state index in [1.807, 2.05) is 30.5 Å². The van der Waals surface area contributed by atoms with Gasteiger partial charge in [-0.15, -0.1) is 0 Å². The quantitative estimate of drug-likeness (QED) is 0.647. The first-order chi connectivity index (χ1) is 7.83. The van der Waals surface area contributed by atoms with E-state index in [9.17, 15) is 0 Å². The number of aromatic nitrogens is 2. The largest absolute Gasteiger partial charge is 0.384 e. The zero-order chi connectivity index (χ0) is 11.0. The number of benzene rings is 1. The molecule has 0 unspecified atom stereocenters. The molecule has 0 saturated heterocycles. The van der Waals surface area contributed by atoms with E-state index >= 15 is 0 Å². The van der Waals surface area contributed by atoms with Gasteiger partial charge in [0.2, 0.25) is 0 Å². The number of fused-ring (bicyclic) bond motifs is 1. The molecule has 0 fully saturated rings. The van der Waals surface area contributed by atoms with Gasteiger partial charge in [-0.25, -0.2) is 4.98 Å². The van der Waals surface area contributed by atoms with Gasteiger partial charge >= 0.3 is 0 Å². The van der Waals surface area contributed by atoms with Crippen LogP contribution in [0.25, 0.3) is 22.2 Å². The number of H-pyrrole nitrogens is 1. The normalized spacial score (nSPS) is 10.8. The Labute approximate surface area is 92.9 Å². The Kier molecular flexibility index (Phi) is 1.90. The average Bonchev–Trinajstić information content (AvgIpc) is 2.75. The van der Waals surface area contributed by atoms with Crippen molar-refractivity contribution in [1.82, 2.24) is 9.97 Å². The molecular weight excluding hydrogens is 198 g/mol. The predicted octanol–water partition coefficient (Wildman–Crippen LogP) is 2.81. The van der Waals surface area contributed by atoms with Crippen LogP contribution in [0.1, 0.15) is 0 Å². The molecule has 0 spiro atoms. The third kappa shape index (κ3) is 1.42. The van der Waals surface area contributed by atoms with Crippen molar-refractivity contribution in [2.75, 3.05) is 5.73 Å². The topological polar surface area (TPSA) is 54.7 Å². The van der Waals surface area contributed by atoms with E-state index in [4.69, 9.17) is 5.73 Å². The smallest absolute Gasteiger partial charge is 0.124 e. The van der Waals surface area contributed by atoms with Gasteiger partial charge in [-0.05, 0) is 30.3 Å². The first kappa shape index (κ1) is 8.97. The Morgan fingerprint density at radius 3 is 2.88 bits per heavy atom. The average molecular weight is 209 g/mol. The highest BCUT2D eigenvalue weighted by Gasteiger charge is 2.01. The standard InChI is InChI=1S/C13H11N3/c14-13-3-1-2-12(16-13)9-4-5-11-10(8-9)6-7-15-11/h1-8,15H,(H2,14,16). The summed E-state index contributed by atoms with van der Waals surface area (Å²) in [5.41, 5.74) is 8.79. The molecule has 0 aliphatic heterocycles. The SMILES string of the molecule is Nc1cccc(-c2ccc3[nH]ccc3c2)n1. The van der Waals surface area contributed by atoms with Gasteiger partial charge in [0.1, 0.15) is 5.82 Å². The van der Waals surface area contributed by atoms with E-state index in [0.717, 1.165) is 16.8 Å². The molecule has 3 heteroatoms. The predicted molar refractivity (Wildman–Crippen MR) is 65.9 cm³/mol. The number of hydrogen-bond donors (Lipinski definition) is 2.